The molecule has 1 N–H and O–H groups in total. The molecule has 5 nitrogen and oxygen atoms in total. The van der Waals surface area contributed by atoms with Gasteiger partial charge >= 0.3 is 5.97 Å². The Hall–Kier alpha value is -1.85. The number of rotatable bonds is 2. The van der Waals surface area contributed by atoms with Gasteiger partial charge in [-0.3, -0.25) is 9.63 Å². The van der Waals surface area contributed by atoms with Gasteiger partial charge in [0.15, 0.2) is 0 Å². The van der Waals surface area contributed by atoms with Crippen LogP contribution in [0.1, 0.15) is 30.7 Å². The maximum atomic E-state index is 11.8. The Kier molecular flexibility index (Phi) is 3.03. The van der Waals surface area contributed by atoms with Gasteiger partial charge in [0.25, 0.3) is 0 Å². The van der Waals surface area contributed by atoms with Crippen molar-refractivity contribution in [3.63, 3.8) is 0 Å². The number of carboxylic acid groups (broad SMARTS) is 1. The molecule has 1 saturated heterocycles. The predicted octanol–water partition coefficient (Wildman–Crippen LogP) is 2.50. The quantitative estimate of drug-likeness (QED) is 0.926. The summed E-state index contributed by atoms with van der Waals surface area (Å²) < 4.78 is 2.12. The van der Waals surface area contributed by atoms with Gasteiger partial charge in [0.1, 0.15) is 12.0 Å². The largest absolute Gasteiger partial charge is 0.481 e. The van der Waals surface area contributed by atoms with E-state index in [4.69, 9.17) is 4.84 Å². The van der Waals surface area contributed by atoms with Crippen molar-refractivity contribution in [3.05, 3.63) is 35.5 Å². The molecule has 0 radical (unpaired) electrons. The molecule has 0 spiro atoms. The normalized spacial score (nSPS) is 30.3. The summed E-state index contributed by atoms with van der Waals surface area (Å²) in [7, 11) is 2.01. The highest BCUT2D eigenvalue weighted by Crippen LogP contribution is 2.45. The Morgan fingerprint density at radius 3 is 2.91 bits per heavy atom. The van der Waals surface area contributed by atoms with Crippen LogP contribution in [0, 0.1) is 5.92 Å². The summed E-state index contributed by atoms with van der Waals surface area (Å²) in [6.07, 6.45) is 1.29. The number of hydrogen-bond donors (Lipinski definition) is 1. The molecule has 1 unspecified atom stereocenters. The highest BCUT2D eigenvalue weighted by molar-refractivity contribution is 5.86. The smallest absolute Gasteiger partial charge is 0.311 e. The lowest BCUT2D eigenvalue weighted by Gasteiger charge is -2.23. The second-order valence-corrected chi connectivity index (χ2v) is 6.20. The molecule has 1 fully saturated rings. The van der Waals surface area contributed by atoms with Gasteiger partial charge in [-0.15, -0.1) is 0 Å². The van der Waals surface area contributed by atoms with E-state index in [2.05, 4.69) is 16.7 Å². The van der Waals surface area contributed by atoms with Gasteiger partial charge in [-0.1, -0.05) is 25.1 Å². The maximum Gasteiger partial charge on any atom is 0.311 e. The number of carbonyl (C=O) groups is 1. The molecular weight excluding hydrogens is 280 g/mol. The second kappa shape index (κ2) is 4.83. The summed E-state index contributed by atoms with van der Waals surface area (Å²) >= 11 is 0. The molecule has 2 bridgehead atoms. The average Bonchev–Trinajstić information content (AvgIpc) is 2.91. The third-order valence-electron chi connectivity index (χ3n) is 5.18. The number of aryl methyl sites for hydroxylation is 1. The first-order valence-electron chi connectivity index (χ1n) is 7.86. The molecule has 0 saturated carbocycles. The van der Waals surface area contributed by atoms with Crippen molar-refractivity contribution in [2.75, 3.05) is 6.54 Å². The first-order chi connectivity index (χ1) is 10.6. The van der Waals surface area contributed by atoms with E-state index in [0.29, 0.717) is 0 Å². The number of fused-ring (bicyclic) bond motifs is 6. The summed E-state index contributed by atoms with van der Waals surface area (Å²) in [4.78, 5) is 17.9. The van der Waals surface area contributed by atoms with Crippen LogP contribution >= 0.6 is 0 Å². The van der Waals surface area contributed by atoms with E-state index in [-0.39, 0.29) is 6.04 Å². The fraction of sp³-hybridized carbons (Fsp3) is 0.471. The predicted molar refractivity (Wildman–Crippen MR) is 82.4 cm³/mol. The third kappa shape index (κ3) is 1.69. The van der Waals surface area contributed by atoms with Gasteiger partial charge in [0.05, 0.1) is 11.7 Å². The van der Waals surface area contributed by atoms with Crippen molar-refractivity contribution in [1.29, 1.82) is 0 Å². The maximum absolute atomic E-state index is 11.8. The zero-order valence-corrected chi connectivity index (χ0v) is 12.8. The van der Waals surface area contributed by atoms with Crippen LogP contribution in [0.3, 0.4) is 0 Å². The van der Waals surface area contributed by atoms with Gasteiger partial charge in [-0.05, 0) is 24.5 Å². The van der Waals surface area contributed by atoms with E-state index in [0.717, 1.165) is 30.6 Å². The van der Waals surface area contributed by atoms with Gasteiger partial charge < -0.3 is 9.67 Å². The zero-order valence-electron chi connectivity index (χ0n) is 12.8. The van der Waals surface area contributed by atoms with E-state index >= 15 is 0 Å². The second-order valence-electron chi connectivity index (χ2n) is 6.20. The lowest BCUT2D eigenvalue weighted by atomic mass is 9.87. The van der Waals surface area contributed by atoms with E-state index in [9.17, 15) is 9.90 Å². The molecule has 2 aromatic rings. The van der Waals surface area contributed by atoms with Gasteiger partial charge in [0, 0.05) is 24.5 Å². The molecule has 5 heteroatoms. The topological polar surface area (TPSA) is 54.7 Å². The summed E-state index contributed by atoms with van der Waals surface area (Å²) in [6.45, 7) is 2.78. The molecular formula is C17H20N2O3. The Labute approximate surface area is 129 Å². The lowest BCUT2D eigenvalue weighted by Crippen LogP contribution is -2.37. The van der Waals surface area contributed by atoms with E-state index in [1.165, 1.54) is 10.9 Å². The number of nitrogens with zero attached hydrogens (tertiary/aromatic N) is 2. The standard InChI is InChI=1S/C17H20N2O3/c1-3-12-14(17(20)21)16-15-11(8-9-19(12)22-16)10-6-4-5-7-13(10)18(15)2/h4-7,12,14,16H,3,8-9H2,1-2H3,(H,20,21)/t12-,14-,16-/m1/s1. The van der Waals surface area contributed by atoms with Crippen LogP contribution < -0.4 is 0 Å². The lowest BCUT2D eigenvalue weighted by molar-refractivity contribution is -0.162. The molecule has 116 valence electrons. The van der Waals surface area contributed by atoms with Crippen molar-refractivity contribution < 1.29 is 14.7 Å². The fourth-order valence-corrected chi connectivity index (χ4v) is 4.20. The molecule has 2 aliphatic rings. The number of aromatic nitrogens is 1. The Morgan fingerprint density at radius 2 is 2.18 bits per heavy atom. The van der Waals surface area contributed by atoms with Crippen molar-refractivity contribution >= 4 is 16.9 Å². The van der Waals surface area contributed by atoms with Crippen molar-refractivity contribution in [2.45, 2.75) is 31.9 Å². The highest BCUT2D eigenvalue weighted by atomic mass is 16.7. The van der Waals surface area contributed by atoms with Crippen LogP contribution in [0.5, 0.6) is 0 Å². The van der Waals surface area contributed by atoms with Crippen molar-refractivity contribution in [3.8, 4) is 0 Å². The van der Waals surface area contributed by atoms with Gasteiger partial charge in [0.2, 0.25) is 0 Å². The molecule has 2 aliphatic heterocycles. The summed E-state index contributed by atoms with van der Waals surface area (Å²) in [6, 6.07) is 8.22. The molecule has 4 rings (SSSR count). The molecule has 3 heterocycles. The fourth-order valence-electron chi connectivity index (χ4n) is 4.20. The van der Waals surface area contributed by atoms with Crippen LogP contribution in [0.25, 0.3) is 10.9 Å². The number of hydroxylamine groups is 2. The molecule has 22 heavy (non-hydrogen) atoms. The number of benzene rings is 1. The minimum Gasteiger partial charge on any atom is -0.481 e. The summed E-state index contributed by atoms with van der Waals surface area (Å²) in [5, 5.41) is 12.8. The first-order valence-corrected chi connectivity index (χ1v) is 7.86. The Bertz CT molecular complexity index is 752. The van der Waals surface area contributed by atoms with Gasteiger partial charge in [-0.2, -0.15) is 5.06 Å². The third-order valence-corrected chi connectivity index (χ3v) is 5.18. The van der Waals surface area contributed by atoms with E-state index in [1.807, 2.05) is 31.2 Å². The van der Waals surface area contributed by atoms with Crippen LogP contribution in [0.4, 0.5) is 0 Å². The Morgan fingerprint density at radius 1 is 1.41 bits per heavy atom. The molecule has 1 aromatic heterocycles. The van der Waals surface area contributed by atoms with Crippen LogP contribution in [-0.4, -0.2) is 33.3 Å². The minimum absolute atomic E-state index is 0.0475. The molecule has 4 atom stereocenters. The number of carboxylic acids is 1. The summed E-state index contributed by atoms with van der Waals surface area (Å²) in [5.41, 5.74) is 3.42. The number of para-hydroxylation sites is 1. The monoisotopic (exact) mass is 300 g/mol. The van der Waals surface area contributed by atoms with Crippen molar-refractivity contribution in [1.82, 2.24) is 9.63 Å². The molecule has 1 aromatic carbocycles. The van der Waals surface area contributed by atoms with E-state index < -0.39 is 18.0 Å². The van der Waals surface area contributed by atoms with Crippen molar-refractivity contribution in [2.24, 2.45) is 13.0 Å². The van der Waals surface area contributed by atoms with Crippen LogP contribution in [0.15, 0.2) is 24.3 Å². The molecule has 0 aliphatic carbocycles. The SMILES string of the molecule is CC[C@@H]1[C@@H](C(=O)O)[C@H]2ON1CCc1c2n(C)c2ccccc12. The van der Waals surface area contributed by atoms with Crippen LogP contribution in [-0.2, 0) is 23.1 Å². The zero-order chi connectivity index (χ0) is 15.4. The molecule has 0 amide bonds. The minimum atomic E-state index is -0.766. The number of aliphatic carboxylic acids is 1. The summed E-state index contributed by atoms with van der Waals surface area (Å²) in [5.74, 6) is -1.27. The first kappa shape index (κ1) is 13.8. The van der Waals surface area contributed by atoms with Gasteiger partial charge in [-0.25, -0.2) is 0 Å². The highest BCUT2D eigenvalue weighted by Gasteiger charge is 2.50. The Balaban J connectivity index is 1.94. The van der Waals surface area contributed by atoms with Crippen LogP contribution in [0.2, 0.25) is 0 Å². The number of hydrogen-bond acceptors (Lipinski definition) is 3. The average molecular weight is 300 g/mol. The van der Waals surface area contributed by atoms with E-state index in [1.54, 1.807) is 0 Å².